The van der Waals surface area contributed by atoms with Gasteiger partial charge < -0.3 is 40.2 Å². The van der Waals surface area contributed by atoms with Crippen LogP contribution < -0.4 is 16.3 Å². The van der Waals surface area contributed by atoms with E-state index in [2.05, 4.69) is 10.6 Å². The van der Waals surface area contributed by atoms with E-state index >= 15 is 0 Å². The van der Waals surface area contributed by atoms with Crippen molar-refractivity contribution in [3.05, 3.63) is 40.2 Å². The highest BCUT2D eigenvalue weighted by Crippen LogP contribution is 2.37. The minimum absolute atomic E-state index is 0.133. The number of rotatable bonds is 6. The predicted molar refractivity (Wildman–Crippen MR) is 120 cm³/mol. The number of aliphatic hydroxyl groups excluding tert-OH is 2. The summed E-state index contributed by atoms with van der Waals surface area (Å²) in [4.78, 5) is 38.3. The van der Waals surface area contributed by atoms with Crippen LogP contribution in [0.1, 0.15) is 18.9 Å². The summed E-state index contributed by atoms with van der Waals surface area (Å²) in [6.07, 6.45) is -1.88. The van der Waals surface area contributed by atoms with Crippen LogP contribution >= 0.6 is 11.8 Å². The molecule has 184 valence electrons. The highest BCUT2D eigenvalue weighted by Gasteiger charge is 2.64. The van der Waals surface area contributed by atoms with E-state index in [1.165, 1.54) is 17.8 Å². The van der Waals surface area contributed by atoms with Gasteiger partial charge in [0.15, 0.2) is 0 Å². The third-order valence-electron chi connectivity index (χ3n) is 6.34. The van der Waals surface area contributed by atoms with Gasteiger partial charge in [-0.1, -0.05) is 0 Å². The van der Waals surface area contributed by atoms with Crippen molar-refractivity contribution in [3.8, 4) is 0 Å². The summed E-state index contributed by atoms with van der Waals surface area (Å²) in [6.45, 7) is 1.85. The second kappa shape index (κ2) is 8.63. The number of piperazine rings is 1. The first kappa shape index (κ1) is 24.6. The molecule has 0 aliphatic carbocycles. The van der Waals surface area contributed by atoms with Gasteiger partial charge in [-0.25, -0.2) is 4.79 Å². The Morgan fingerprint density at radius 3 is 2.68 bits per heavy atom. The zero-order valence-corrected chi connectivity index (χ0v) is 19.3. The summed E-state index contributed by atoms with van der Waals surface area (Å²) < 4.78 is 10.8. The van der Waals surface area contributed by atoms with E-state index in [4.69, 9.17) is 9.15 Å². The Balaban J connectivity index is 1.56. The van der Waals surface area contributed by atoms with E-state index in [-0.39, 0.29) is 18.8 Å². The fraction of sp³-hybridized carbons (Fsp3) is 0.500. The van der Waals surface area contributed by atoms with Gasteiger partial charge in [0.1, 0.15) is 17.3 Å². The average Bonchev–Trinajstić information content (AvgIpc) is 2.77. The van der Waals surface area contributed by atoms with Crippen LogP contribution in [0.3, 0.4) is 0 Å². The molecule has 5 atom stereocenters. The fourth-order valence-electron chi connectivity index (χ4n) is 4.20. The topological polar surface area (TPSA) is 179 Å². The Bertz CT molecular complexity index is 1200. The number of thioether (sulfide) groups is 1. The number of amides is 2. The van der Waals surface area contributed by atoms with Crippen LogP contribution in [-0.4, -0.2) is 74.4 Å². The first-order chi connectivity index (χ1) is 15.9. The maximum Gasteiger partial charge on any atom is 0.336 e. The average molecular weight is 495 g/mol. The molecule has 11 nitrogen and oxygen atoms in total. The molecule has 2 amide bonds. The molecule has 34 heavy (non-hydrogen) atoms. The molecule has 12 heteroatoms. The molecule has 1 aromatic heterocycles. The summed E-state index contributed by atoms with van der Waals surface area (Å²) in [5.41, 5.74) is -6.11. The van der Waals surface area contributed by atoms with E-state index < -0.39 is 53.1 Å². The lowest BCUT2D eigenvalue weighted by molar-refractivity contribution is -0.240. The summed E-state index contributed by atoms with van der Waals surface area (Å²) in [5, 5.41) is 46.6. The lowest BCUT2D eigenvalue weighted by Gasteiger charge is -2.51. The van der Waals surface area contributed by atoms with Crippen molar-refractivity contribution >= 4 is 34.5 Å². The third-order valence-corrected chi connectivity index (χ3v) is 7.50. The molecule has 1 unspecified atom stereocenters. The van der Waals surface area contributed by atoms with Gasteiger partial charge in [-0.3, -0.25) is 9.59 Å². The van der Waals surface area contributed by atoms with Crippen LogP contribution in [0.5, 0.6) is 0 Å². The lowest BCUT2D eigenvalue weighted by Crippen LogP contribution is -2.83. The van der Waals surface area contributed by atoms with Gasteiger partial charge in [-0.15, -0.1) is 11.8 Å². The van der Waals surface area contributed by atoms with Crippen molar-refractivity contribution in [1.29, 1.82) is 0 Å². The lowest BCUT2D eigenvalue weighted by atomic mass is 9.83. The van der Waals surface area contributed by atoms with Crippen LogP contribution in [0.15, 0.2) is 38.4 Å². The van der Waals surface area contributed by atoms with E-state index in [1.54, 1.807) is 13.0 Å². The molecule has 3 fully saturated rings. The highest BCUT2D eigenvalue weighted by atomic mass is 32.2. The number of carbonyl (C=O) groups excluding carboxylic acids is 2. The van der Waals surface area contributed by atoms with Gasteiger partial charge in [0.25, 0.3) is 17.5 Å². The zero-order valence-electron chi connectivity index (χ0n) is 18.5. The molecule has 3 aliphatic rings. The molecule has 3 aliphatic heterocycles. The van der Waals surface area contributed by atoms with Gasteiger partial charge in [-0.2, -0.15) is 0 Å². The Labute approximate surface area is 198 Å². The number of aliphatic hydroxyl groups is 4. The molecule has 0 saturated carbocycles. The molecule has 0 radical (unpaired) electrons. The molecule has 4 heterocycles. The number of aryl methyl sites for hydroxylation is 1. The largest absolute Gasteiger partial charge is 0.423 e. The van der Waals surface area contributed by atoms with Crippen LogP contribution in [0.25, 0.3) is 11.0 Å². The van der Waals surface area contributed by atoms with E-state index in [9.17, 15) is 34.8 Å². The predicted octanol–water partition coefficient (Wildman–Crippen LogP) is -1.03. The van der Waals surface area contributed by atoms with Crippen LogP contribution in [-0.2, 0) is 14.3 Å². The Hall–Kier alpha value is -2.48. The molecular weight excluding hydrogens is 468 g/mol. The van der Waals surface area contributed by atoms with E-state index in [1.807, 2.05) is 12.1 Å². The summed E-state index contributed by atoms with van der Waals surface area (Å²) in [7, 11) is 0. The number of hydrogen-bond acceptors (Lipinski definition) is 10. The quantitative estimate of drug-likeness (QED) is 0.215. The summed E-state index contributed by atoms with van der Waals surface area (Å²) in [5.74, 6) is -2.65. The van der Waals surface area contributed by atoms with Crippen molar-refractivity contribution in [2.45, 2.75) is 48.3 Å². The van der Waals surface area contributed by atoms with Crippen molar-refractivity contribution in [1.82, 2.24) is 10.6 Å². The standard InChI is InChI=1S/C22H26N2O9S/c1-11-7-16(26)33-15-8-13(3-4-14(11)15)34-9-12-5-6-32-22(17(27)20(2,30)10-25)19(29)23-21(12,31)18(28)24-22/h3-4,7-8,12,17,25,27,30-31H,5-6,9-10H2,1-2H3,(H,23,29)(H,24,28)/t12?,17-,20+,21+,22-/m0/s1. The van der Waals surface area contributed by atoms with Gasteiger partial charge in [0, 0.05) is 28.0 Å². The normalized spacial score (nSPS) is 29.6. The van der Waals surface area contributed by atoms with Crippen molar-refractivity contribution in [2.24, 2.45) is 5.92 Å². The molecule has 6 N–H and O–H groups in total. The maximum absolute atomic E-state index is 12.9. The van der Waals surface area contributed by atoms with Gasteiger partial charge >= 0.3 is 5.63 Å². The molecule has 3 saturated heterocycles. The fourth-order valence-corrected chi connectivity index (χ4v) is 5.35. The molecule has 2 bridgehead atoms. The number of fused-ring (bicyclic) bond motifs is 6. The first-order valence-electron chi connectivity index (χ1n) is 10.6. The van der Waals surface area contributed by atoms with Crippen molar-refractivity contribution in [2.75, 3.05) is 19.0 Å². The minimum atomic E-state index is -2.37. The van der Waals surface area contributed by atoms with Crippen molar-refractivity contribution < 1.29 is 39.2 Å². The maximum atomic E-state index is 12.9. The highest BCUT2D eigenvalue weighted by molar-refractivity contribution is 7.99. The number of benzene rings is 1. The minimum Gasteiger partial charge on any atom is -0.423 e. The van der Waals surface area contributed by atoms with Gasteiger partial charge in [0.2, 0.25) is 5.72 Å². The first-order valence-corrected chi connectivity index (χ1v) is 11.6. The number of nitrogens with one attached hydrogen (secondary N) is 2. The molecule has 2 aromatic rings. The smallest absolute Gasteiger partial charge is 0.336 e. The monoisotopic (exact) mass is 494 g/mol. The Morgan fingerprint density at radius 1 is 1.24 bits per heavy atom. The zero-order chi connectivity index (χ0) is 24.9. The summed E-state index contributed by atoms with van der Waals surface area (Å²) in [6, 6.07) is 6.72. The Kier molecular flexibility index (Phi) is 6.25. The van der Waals surface area contributed by atoms with Gasteiger partial charge in [0.05, 0.1) is 13.2 Å². The molecular formula is C22H26N2O9S. The second-order valence-electron chi connectivity index (χ2n) is 8.88. The number of ether oxygens (including phenoxy) is 1. The number of hydrogen-bond donors (Lipinski definition) is 6. The van der Waals surface area contributed by atoms with E-state index in [0.717, 1.165) is 22.8 Å². The number of carbonyl (C=O) groups is 2. The van der Waals surface area contributed by atoms with E-state index in [0.29, 0.717) is 5.58 Å². The molecule has 5 rings (SSSR count). The second-order valence-corrected chi connectivity index (χ2v) is 9.97. The van der Waals surface area contributed by atoms with Crippen LogP contribution in [0.2, 0.25) is 0 Å². The van der Waals surface area contributed by atoms with Crippen molar-refractivity contribution in [3.63, 3.8) is 0 Å². The Morgan fingerprint density at radius 2 is 1.97 bits per heavy atom. The SMILES string of the molecule is Cc1cc(=O)oc2cc(SCC3CCO[C@]4([C@@H](O)[C@](C)(O)CO)NC(=O)[C@@]3(O)NC4=O)ccc12. The van der Waals surface area contributed by atoms with Crippen LogP contribution in [0.4, 0.5) is 0 Å². The summed E-state index contributed by atoms with van der Waals surface area (Å²) >= 11 is 1.29. The molecule has 0 spiro atoms. The molecule has 1 aromatic carbocycles. The third kappa shape index (κ3) is 4.00. The van der Waals surface area contributed by atoms with Gasteiger partial charge in [-0.05, 0) is 44.0 Å². The van der Waals surface area contributed by atoms with Crippen LogP contribution in [0, 0.1) is 12.8 Å².